The molecular weight excluding hydrogens is 271 g/mol. The maximum atomic E-state index is 14.0. The average Bonchev–Trinajstić information content (AvgIpc) is 2.89. The largest absolute Gasteiger partial charge is 0.497 e. The van der Waals surface area contributed by atoms with Crippen molar-refractivity contribution in [1.29, 1.82) is 0 Å². The summed E-state index contributed by atoms with van der Waals surface area (Å²) in [6, 6.07) is 13.6. The Hall–Kier alpha value is -2.82. The van der Waals surface area contributed by atoms with Crippen molar-refractivity contribution >= 4 is 5.88 Å². The van der Waals surface area contributed by atoms with E-state index in [-0.39, 0.29) is 11.7 Å². The van der Waals surface area contributed by atoms with Crippen molar-refractivity contribution in [2.75, 3.05) is 12.8 Å². The number of hydrogen-bond donors (Lipinski definition) is 1. The van der Waals surface area contributed by atoms with Crippen molar-refractivity contribution < 1.29 is 13.7 Å². The SMILES string of the molecule is COc1cccc(-c2noc(N)c2-c2ccccc2F)c1. The number of ether oxygens (including phenoxy) is 1. The van der Waals surface area contributed by atoms with Gasteiger partial charge in [-0.15, -0.1) is 0 Å². The maximum absolute atomic E-state index is 14.0. The van der Waals surface area contributed by atoms with Crippen LogP contribution in [0.4, 0.5) is 10.3 Å². The summed E-state index contributed by atoms with van der Waals surface area (Å²) in [5.41, 5.74) is 7.85. The van der Waals surface area contributed by atoms with Crippen LogP contribution in [-0.4, -0.2) is 12.3 Å². The van der Waals surface area contributed by atoms with E-state index in [0.717, 1.165) is 5.56 Å². The van der Waals surface area contributed by atoms with Crippen LogP contribution in [0.3, 0.4) is 0 Å². The number of methoxy groups -OCH3 is 1. The van der Waals surface area contributed by atoms with Crippen molar-refractivity contribution in [2.24, 2.45) is 0 Å². The number of halogens is 1. The first-order chi connectivity index (χ1) is 10.2. The van der Waals surface area contributed by atoms with E-state index in [1.807, 2.05) is 18.2 Å². The van der Waals surface area contributed by atoms with Crippen molar-refractivity contribution in [3.05, 3.63) is 54.3 Å². The third kappa shape index (κ3) is 2.33. The number of nitrogens with two attached hydrogens (primary N) is 1. The van der Waals surface area contributed by atoms with Crippen molar-refractivity contribution in [1.82, 2.24) is 5.16 Å². The van der Waals surface area contributed by atoms with Crippen molar-refractivity contribution in [3.63, 3.8) is 0 Å². The van der Waals surface area contributed by atoms with E-state index in [1.54, 1.807) is 31.4 Å². The van der Waals surface area contributed by atoms with Gasteiger partial charge in [0.15, 0.2) is 0 Å². The number of rotatable bonds is 3. The van der Waals surface area contributed by atoms with Crippen LogP contribution < -0.4 is 10.5 Å². The number of nitrogens with zero attached hydrogens (tertiary/aromatic N) is 1. The Morgan fingerprint density at radius 2 is 1.95 bits per heavy atom. The fraction of sp³-hybridized carbons (Fsp3) is 0.0625. The third-order valence-electron chi connectivity index (χ3n) is 3.20. The lowest BCUT2D eigenvalue weighted by Gasteiger charge is -2.05. The normalized spacial score (nSPS) is 10.6. The summed E-state index contributed by atoms with van der Waals surface area (Å²) in [4.78, 5) is 0. The summed E-state index contributed by atoms with van der Waals surface area (Å²) >= 11 is 0. The second-order valence-corrected chi connectivity index (χ2v) is 4.48. The maximum Gasteiger partial charge on any atom is 0.230 e. The summed E-state index contributed by atoms with van der Waals surface area (Å²) < 4.78 is 24.3. The van der Waals surface area contributed by atoms with E-state index in [9.17, 15) is 4.39 Å². The van der Waals surface area contributed by atoms with Gasteiger partial charge in [0, 0.05) is 11.1 Å². The molecule has 1 heterocycles. The molecule has 4 nitrogen and oxygen atoms in total. The topological polar surface area (TPSA) is 61.3 Å². The molecule has 0 fully saturated rings. The monoisotopic (exact) mass is 284 g/mol. The highest BCUT2D eigenvalue weighted by Gasteiger charge is 2.20. The molecule has 106 valence electrons. The molecule has 0 aliphatic heterocycles. The summed E-state index contributed by atoms with van der Waals surface area (Å²) in [6.07, 6.45) is 0. The summed E-state index contributed by atoms with van der Waals surface area (Å²) in [6.45, 7) is 0. The van der Waals surface area contributed by atoms with Crippen LogP contribution in [-0.2, 0) is 0 Å². The zero-order valence-electron chi connectivity index (χ0n) is 11.3. The quantitative estimate of drug-likeness (QED) is 0.796. The lowest BCUT2D eigenvalue weighted by Crippen LogP contribution is -1.91. The molecule has 0 aliphatic carbocycles. The molecule has 0 unspecified atom stereocenters. The van der Waals surface area contributed by atoms with Gasteiger partial charge in [0.05, 0.1) is 12.7 Å². The van der Waals surface area contributed by atoms with Crippen LogP contribution >= 0.6 is 0 Å². The fourth-order valence-electron chi connectivity index (χ4n) is 2.19. The van der Waals surface area contributed by atoms with Crippen LogP contribution in [0.25, 0.3) is 22.4 Å². The van der Waals surface area contributed by atoms with Crippen LogP contribution in [0, 0.1) is 5.82 Å². The Morgan fingerprint density at radius 3 is 2.71 bits per heavy atom. The van der Waals surface area contributed by atoms with Crippen LogP contribution in [0.15, 0.2) is 53.1 Å². The standard InChI is InChI=1S/C16H13FN2O2/c1-20-11-6-4-5-10(9-11)15-14(16(18)21-19-15)12-7-2-3-8-13(12)17/h2-9H,18H2,1H3. The zero-order valence-corrected chi connectivity index (χ0v) is 11.3. The first-order valence-corrected chi connectivity index (χ1v) is 6.35. The molecule has 0 radical (unpaired) electrons. The molecule has 21 heavy (non-hydrogen) atoms. The molecule has 0 amide bonds. The van der Waals surface area contributed by atoms with Gasteiger partial charge in [0.2, 0.25) is 5.88 Å². The van der Waals surface area contributed by atoms with Gasteiger partial charge in [-0.2, -0.15) is 0 Å². The fourth-order valence-corrected chi connectivity index (χ4v) is 2.19. The Morgan fingerprint density at radius 1 is 1.14 bits per heavy atom. The lowest BCUT2D eigenvalue weighted by atomic mass is 10.0. The average molecular weight is 284 g/mol. The van der Waals surface area contributed by atoms with Crippen molar-refractivity contribution in [3.8, 4) is 28.1 Å². The van der Waals surface area contributed by atoms with Gasteiger partial charge >= 0.3 is 0 Å². The first kappa shape index (κ1) is 13.2. The molecular formula is C16H13FN2O2. The highest BCUT2D eigenvalue weighted by molar-refractivity contribution is 5.87. The number of anilines is 1. The van der Waals surface area contributed by atoms with Crippen LogP contribution in [0.2, 0.25) is 0 Å². The van der Waals surface area contributed by atoms with E-state index in [0.29, 0.717) is 22.6 Å². The highest BCUT2D eigenvalue weighted by Crippen LogP contribution is 2.38. The highest BCUT2D eigenvalue weighted by atomic mass is 19.1. The molecule has 2 N–H and O–H groups in total. The van der Waals surface area contributed by atoms with Gasteiger partial charge in [0.25, 0.3) is 0 Å². The predicted molar refractivity (Wildman–Crippen MR) is 78.3 cm³/mol. The Labute approximate surface area is 120 Å². The summed E-state index contributed by atoms with van der Waals surface area (Å²) in [5, 5.41) is 3.96. The molecule has 0 aliphatic rings. The lowest BCUT2D eigenvalue weighted by molar-refractivity contribution is 0.415. The van der Waals surface area contributed by atoms with Crippen LogP contribution in [0.1, 0.15) is 0 Å². The van der Waals surface area contributed by atoms with E-state index in [1.165, 1.54) is 6.07 Å². The molecule has 5 heteroatoms. The van der Waals surface area contributed by atoms with E-state index < -0.39 is 0 Å². The van der Waals surface area contributed by atoms with Gasteiger partial charge in [-0.3, -0.25) is 0 Å². The number of nitrogen functional groups attached to an aromatic ring is 1. The predicted octanol–water partition coefficient (Wildman–Crippen LogP) is 3.74. The van der Waals surface area contributed by atoms with Gasteiger partial charge in [-0.1, -0.05) is 35.5 Å². The van der Waals surface area contributed by atoms with Crippen LogP contribution in [0.5, 0.6) is 5.75 Å². The van der Waals surface area contributed by atoms with Gasteiger partial charge < -0.3 is 15.0 Å². The van der Waals surface area contributed by atoms with E-state index in [4.69, 9.17) is 15.0 Å². The smallest absolute Gasteiger partial charge is 0.230 e. The number of hydrogen-bond acceptors (Lipinski definition) is 4. The van der Waals surface area contributed by atoms with Gasteiger partial charge in [0.1, 0.15) is 17.3 Å². The Kier molecular flexibility index (Phi) is 3.31. The molecule has 0 atom stereocenters. The number of benzene rings is 2. The third-order valence-corrected chi connectivity index (χ3v) is 3.20. The minimum absolute atomic E-state index is 0.0814. The Bertz CT molecular complexity index is 783. The second kappa shape index (κ2) is 5.28. The van der Waals surface area contributed by atoms with E-state index >= 15 is 0 Å². The van der Waals surface area contributed by atoms with E-state index in [2.05, 4.69) is 5.16 Å². The van der Waals surface area contributed by atoms with Gasteiger partial charge in [-0.05, 0) is 18.2 Å². The number of aromatic nitrogens is 1. The zero-order chi connectivity index (χ0) is 14.8. The minimum atomic E-state index is -0.378. The second-order valence-electron chi connectivity index (χ2n) is 4.48. The molecule has 3 aromatic rings. The molecule has 2 aromatic carbocycles. The molecule has 0 spiro atoms. The molecule has 1 aromatic heterocycles. The minimum Gasteiger partial charge on any atom is -0.497 e. The van der Waals surface area contributed by atoms with Crippen molar-refractivity contribution in [2.45, 2.75) is 0 Å². The summed E-state index contributed by atoms with van der Waals surface area (Å²) in [7, 11) is 1.58. The molecule has 3 rings (SSSR count). The first-order valence-electron chi connectivity index (χ1n) is 6.35. The van der Waals surface area contributed by atoms with Gasteiger partial charge in [-0.25, -0.2) is 4.39 Å². The summed E-state index contributed by atoms with van der Waals surface area (Å²) in [5.74, 6) is 0.378. The molecule has 0 bridgehead atoms. The molecule has 0 saturated carbocycles. The Balaban J connectivity index is 2.20. The molecule has 0 saturated heterocycles.